The number of hydrogen-bond donors (Lipinski definition) is 2. The topological polar surface area (TPSA) is 80.3 Å². The van der Waals surface area contributed by atoms with Gasteiger partial charge in [0.1, 0.15) is 23.1 Å². The molecule has 0 bridgehead atoms. The molecular formula is C28H27N3O3S. The van der Waals surface area contributed by atoms with E-state index < -0.39 is 0 Å². The maximum absolute atomic E-state index is 13.0. The number of aromatic nitrogens is 1. The van der Waals surface area contributed by atoms with Gasteiger partial charge in [-0.15, -0.1) is 11.3 Å². The highest BCUT2D eigenvalue weighted by Gasteiger charge is 2.29. The van der Waals surface area contributed by atoms with Crippen molar-refractivity contribution in [2.75, 3.05) is 0 Å². The Morgan fingerprint density at radius 2 is 1.54 bits per heavy atom. The molecule has 0 spiro atoms. The number of carbonyl (C=O) groups excluding carboxylic acids is 2. The van der Waals surface area contributed by atoms with E-state index >= 15 is 0 Å². The third-order valence-electron chi connectivity index (χ3n) is 6.30. The number of benzene rings is 3. The molecule has 2 N–H and O–H groups in total. The van der Waals surface area contributed by atoms with Crippen LogP contribution in [-0.4, -0.2) is 28.9 Å². The zero-order chi connectivity index (χ0) is 24.0. The normalized spacial score (nSPS) is 17.6. The summed E-state index contributed by atoms with van der Waals surface area (Å²) in [7, 11) is 0. The number of nitrogens with one attached hydrogen (secondary N) is 2. The van der Waals surface area contributed by atoms with Gasteiger partial charge < -0.3 is 15.4 Å². The zero-order valence-corrected chi connectivity index (χ0v) is 20.1. The third kappa shape index (κ3) is 5.69. The summed E-state index contributed by atoms with van der Waals surface area (Å²) in [4.78, 5) is 30.4. The molecule has 0 radical (unpaired) electrons. The summed E-state index contributed by atoms with van der Waals surface area (Å²) < 4.78 is 5.73. The van der Waals surface area contributed by atoms with E-state index in [-0.39, 0.29) is 23.9 Å². The number of fused-ring (bicyclic) bond motifs is 1. The number of thiazole rings is 1. The Kier molecular flexibility index (Phi) is 7.04. The first-order valence-corrected chi connectivity index (χ1v) is 12.8. The Balaban J connectivity index is 1.20. The average molecular weight is 486 g/mol. The number of hydrogen-bond acceptors (Lipinski definition) is 5. The summed E-state index contributed by atoms with van der Waals surface area (Å²) in [6.45, 7) is 0.315. The van der Waals surface area contributed by atoms with Gasteiger partial charge in [0.25, 0.3) is 11.8 Å². The van der Waals surface area contributed by atoms with Crippen molar-refractivity contribution in [3.63, 3.8) is 0 Å². The second-order valence-corrected chi connectivity index (χ2v) is 9.68. The Labute approximate surface area is 208 Å². The van der Waals surface area contributed by atoms with Crippen LogP contribution in [-0.2, 0) is 6.61 Å². The molecule has 2 atom stereocenters. The van der Waals surface area contributed by atoms with E-state index in [0.717, 1.165) is 47.2 Å². The second kappa shape index (κ2) is 10.7. The van der Waals surface area contributed by atoms with Crippen LogP contribution in [0.15, 0.2) is 78.2 Å². The first-order valence-electron chi connectivity index (χ1n) is 11.9. The lowest BCUT2D eigenvalue weighted by molar-refractivity contribution is 0.0860. The van der Waals surface area contributed by atoms with Crippen LogP contribution in [0.4, 0.5) is 0 Å². The average Bonchev–Trinajstić information content (AvgIpc) is 3.38. The van der Waals surface area contributed by atoms with E-state index in [4.69, 9.17) is 4.74 Å². The van der Waals surface area contributed by atoms with Crippen LogP contribution in [0.2, 0.25) is 0 Å². The van der Waals surface area contributed by atoms with Crippen LogP contribution in [0.25, 0.3) is 10.8 Å². The largest absolute Gasteiger partial charge is 0.486 e. The van der Waals surface area contributed by atoms with Crippen molar-refractivity contribution in [1.29, 1.82) is 0 Å². The first kappa shape index (κ1) is 23.1. The van der Waals surface area contributed by atoms with Crippen molar-refractivity contribution in [2.45, 2.75) is 44.4 Å². The first-order chi connectivity index (χ1) is 17.2. The lowest BCUT2D eigenvalue weighted by Crippen LogP contribution is -2.53. The second-order valence-electron chi connectivity index (χ2n) is 8.73. The van der Waals surface area contributed by atoms with Gasteiger partial charge in [-0.3, -0.25) is 9.59 Å². The molecule has 0 saturated heterocycles. The standard InChI is InChI=1S/C28H27N3O3S/c32-27(21-15-14-19-8-4-5-9-20(19)16-21)30-23-12-6-7-13-24(23)31-28(33)25-18-35-26(29-25)17-34-22-10-2-1-3-11-22/h1-5,8-11,14-16,18,23-24H,6-7,12-13,17H2,(H,30,32)(H,31,33)/t23-,24-/m1/s1. The molecule has 7 heteroatoms. The van der Waals surface area contributed by atoms with Crippen LogP contribution in [0, 0.1) is 0 Å². The molecule has 0 aliphatic heterocycles. The van der Waals surface area contributed by atoms with Gasteiger partial charge in [-0.25, -0.2) is 4.98 Å². The molecule has 1 aliphatic carbocycles. The highest BCUT2D eigenvalue weighted by atomic mass is 32.1. The maximum Gasteiger partial charge on any atom is 0.271 e. The van der Waals surface area contributed by atoms with E-state index in [1.165, 1.54) is 11.3 Å². The Bertz CT molecular complexity index is 1320. The van der Waals surface area contributed by atoms with E-state index in [0.29, 0.717) is 17.9 Å². The highest BCUT2D eigenvalue weighted by Crippen LogP contribution is 2.22. The van der Waals surface area contributed by atoms with Crippen LogP contribution >= 0.6 is 11.3 Å². The zero-order valence-electron chi connectivity index (χ0n) is 19.3. The van der Waals surface area contributed by atoms with Crippen molar-refractivity contribution in [3.05, 3.63) is 94.4 Å². The fourth-order valence-corrected chi connectivity index (χ4v) is 5.13. The minimum Gasteiger partial charge on any atom is -0.486 e. The van der Waals surface area contributed by atoms with Crippen LogP contribution in [0.3, 0.4) is 0 Å². The van der Waals surface area contributed by atoms with Gasteiger partial charge >= 0.3 is 0 Å². The van der Waals surface area contributed by atoms with E-state index in [1.54, 1.807) is 5.38 Å². The Hall–Kier alpha value is -3.71. The summed E-state index contributed by atoms with van der Waals surface area (Å²) in [5, 5.41) is 10.9. The van der Waals surface area contributed by atoms with Crippen LogP contribution in [0.5, 0.6) is 5.75 Å². The van der Waals surface area contributed by atoms with Gasteiger partial charge in [-0.05, 0) is 47.9 Å². The van der Waals surface area contributed by atoms with Crippen molar-refractivity contribution >= 4 is 33.9 Å². The fraction of sp³-hybridized carbons (Fsp3) is 0.250. The molecular weight excluding hydrogens is 458 g/mol. The highest BCUT2D eigenvalue weighted by molar-refractivity contribution is 7.09. The molecule has 2 amide bonds. The predicted octanol–water partition coefficient (Wildman–Crippen LogP) is 5.35. The molecule has 35 heavy (non-hydrogen) atoms. The van der Waals surface area contributed by atoms with E-state index in [2.05, 4.69) is 15.6 Å². The summed E-state index contributed by atoms with van der Waals surface area (Å²) in [6.07, 6.45) is 3.69. The number of carbonyl (C=O) groups is 2. The van der Waals surface area contributed by atoms with Crippen LogP contribution in [0.1, 0.15) is 51.5 Å². The Morgan fingerprint density at radius 3 is 2.31 bits per heavy atom. The van der Waals surface area contributed by atoms with Crippen molar-refractivity contribution < 1.29 is 14.3 Å². The summed E-state index contributed by atoms with van der Waals surface area (Å²) >= 11 is 1.40. The third-order valence-corrected chi connectivity index (χ3v) is 7.12. The molecule has 178 valence electrons. The number of rotatable bonds is 7. The number of ether oxygens (including phenoxy) is 1. The summed E-state index contributed by atoms with van der Waals surface area (Å²) in [6, 6.07) is 23.0. The van der Waals surface area contributed by atoms with E-state index in [1.807, 2.05) is 72.8 Å². The number of nitrogens with zero attached hydrogens (tertiary/aromatic N) is 1. The molecule has 5 rings (SSSR count). The molecule has 6 nitrogen and oxygen atoms in total. The quantitative estimate of drug-likeness (QED) is 0.370. The summed E-state index contributed by atoms with van der Waals surface area (Å²) in [5.41, 5.74) is 1.01. The lowest BCUT2D eigenvalue weighted by atomic mass is 9.90. The van der Waals surface area contributed by atoms with Gasteiger partial charge in [0.15, 0.2) is 0 Å². The van der Waals surface area contributed by atoms with Gasteiger partial charge in [0.2, 0.25) is 0 Å². The van der Waals surface area contributed by atoms with Gasteiger partial charge in [0.05, 0.1) is 0 Å². The van der Waals surface area contributed by atoms with Gasteiger partial charge in [0, 0.05) is 23.0 Å². The minimum absolute atomic E-state index is 0.115. The smallest absolute Gasteiger partial charge is 0.271 e. The molecule has 1 heterocycles. The molecule has 3 aromatic carbocycles. The van der Waals surface area contributed by atoms with E-state index in [9.17, 15) is 9.59 Å². The van der Waals surface area contributed by atoms with Gasteiger partial charge in [-0.1, -0.05) is 61.4 Å². The molecule has 1 aromatic heterocycles. The molecule has 0 unspecified atom stereocenters. The Morgan fingerprint density at radius 1 is 0.857 bits per heavy atom. The summed E-state index contributed by atoms with van der Waals surface area (Å²) in [5.74, 6) is 0.431. The molecule has 4 aromatic rings. The van der Waals surface area contributed by atoms with Crippen molar-refractivity contribution in [1.82, 2.24) is 15.6 Å². The minimum atomic E-state index is -0.218. The monoisotopic (exact) mass is 485 g/mol. The van der Waals surface area contributed by atoms with Gasteiger partial charge in [-0.2, -0.15) is 0 Å². The fourth-order valence-electron chi connectivity index (χ4n) is 4.44. The number of para-hydroxylation sites is 1. The lowest BCUT2D eigenvalue weighted by Gasteiger charge is -2.32. The SMILES string of the molecule is O=C(N[C@@H]1CCCC[C@H]1NC(=O)c1csc(COc2ccccc2)n1)c1ccc2ccccc2c1. The van der Waals surface area contributed by atoms with Crippen LogP contribution < -0.4 is 15.4 Å². The van der Waals surface area contributed by atoms with Crippen molar-refractivity contribution in [2.24, 2.45) is 0 Å². The predicted molar refractivity (Wildman–Crippen MR) is 138 cm³/mol. The maximum atomic E-state index is 13.0. The number of amides is 2. The molecule has 1 saturated carbocycles. The van der Waals surface area contributed by atoms with Crippen molar-refractivity contribution in [3.8, 4) is 5.75 Å². The molecule has 1 aliphatic rings. The molecule has 1 fully saturated rings.